The van der Waals surface area contributed by atoms with Gasteiger partial charge in [0.2, 0.25) is 5.91 Å². The molecule has 1 aliphatic rings. The van der Waals surface area contributed by atoms with E-state index in [1.54, 1.807) is 35.4 Å². The third-order valence-electron chi connectivity index (χ3n) is 6.63. The first-order chi connectivity index (χ1) is 16.4. The van der Waals surface area contributed by atoms with Crippen LogP contribution in [0.15, 0.2) is 49.2 Å². The maximum absolute atomic E-state index is 15.0. The smallest absolute Gasteiger partial charge is 0.229 e. The van der Waals surface area contributed by atoms with Crippen molar-refractivity contribution < 1.29 is 14.3 Å². The highest BCUT2D eigenvalue weighted by atomic mass is 19.1. The molecule has 1 aliphatic carbocycles. The molecule has 1 fully saturated rings. The van der Waals surface area contributed by atoms with Gasteiger partial charge in [0, 0.05) is 53.1 Å². The van der Waals surface area contributed by atoms with Crippen LogP contribution in [-0.2, 0) is 11.3 Å². The van der Waals surface area contributed by atoms with Crippen LogP contribution >= 0.6 is 0 Å². The quantitative estimate of drug-likeness (QED) is 0.379. The van der Waals surface area contributed by atoms with E-state index in [9.17, 15) is 4.79 Å². The van der Waals surface area contributed by atoms with Crippen molar-refractivity contribution >= 4 is 28.2 Å². The van der Waals surface area contributed by atoms with E-state index in [4.69, 9.17) is 10.8 Å². The summed E-state index contributed by atoms with van der Waals surface area (Å²) in [6.45, 7) is 4.34. The van der Waals surface area contributed by atoms with Crippen LogP contribution in [0.3, 0.4) is 0 Å². The summed E-state index contributed by atoms with van der Waals surface area (Å²) >= 11 is 0. The lowest BCUT2D eigenvalue weighted by Gasteiger charge is -2.12. The molecule has 5 rings (SSSR count). The summed E-state index contributed by atoms with van der Waals surface area (Å²) in [5.74, 6) is -0.228. The number of halogens is 1. The van der Waals surface area contributed by atoms with Crippen LogP contribution in [-0.4, -0.2) is 37.4 Å². The molecule has 8 nitrogen and oxygen atoms in total. The first-order valence-electron chi connectivity index (χ1n) is 11.1. The van der Waals surface area contributed by atoms with Crippen LogP contribution in [0.2, 0.25) is 0 Å². The Labute approximate surface area is 195 Å². The third kappa shape index (κ3) is 3.77. The number of rotatable bonds is 6. The second kappa shape index (κ2) is 8.49. The van der Waals surface area contributed by atoms with E-state index >= 15 is 4.39 Å². The number of hydrogen-bond donors (Lipinski definition) is 3. The number of amides is 1. The molecule has 34 heavy (non-hydrogen) atoms. The van der Waals surface area contributed by atoms with Gasteiger partial charge in [-0.3, -0.25) is 14.5 Å². The Morgan fingerprint density at radius 2 is 2.09 bits per heavy atom. The minimum absolute atomic E-state index is 0.00929. The Hall–Kier alpha value is -3.85. The van der Waals surface area contributed by atoms with Crippen molar-refractivity contribution in [1.82, 2.24) is 19.7 Å². The average Bonchev–Trinajstić information content (AvgIpc) is 3.27. The van der Waals surface area contributed by atoms with E-state index in [-0.39, 0.29) is 36.0 Å². The Morgan fingerprint density at radius 3 is 2.85 bits per heavy atom. The van der Waals surface area contributed by atoms with Gasteiger partial charge in [0.15, 0.2) is 5.82 Å². The fraction of sp³-hybridized carbons (Fsp3) is 0.280. The number of anilines is 2. The summed E-state index contributed by atoms with van der Waals surface area (Å²) in [5.41, 5.74) is 8.98. The van der Waals surface area contributed by atoms with Crippen molar-refractivity contribution in [2.45, 2.75) is 26.3 Å². The lowest BCUT2D eigenvalue weighted by molar-refractivity contribution is -0.117. The second-order valence-corrected chi connectivity index (χ2v) is 8.79. The minimum Gasteiger partial charge on any atom is -0.396 e. The van der Waals surface area contributed by atoms with Crippen LogP contribution in [0, 0.1) is 24.6 Å². The third-order valence-corrected chi connectivity index (χ3v) is 6.63. The number of nitrogen functional groups attached to an aromatic ring is 1. The van der Waals surface area contributed by atoms with Crippen molar-refractivity contribution in [3.63, 3.8) is 0 Å². The van der Waals surface area contributed by atoms with Gasteiger partial charge in [0.1, 0.15) is 5.82 Å². The van der Waals surface area contributed by atoms with E-state index in [1.807, 2.05) is 26.1 Å². The van der Waals surface area contributed by atoms with Crippen LogP contribution < -0.4 is 11.1 Å². The number of aliphatic hydroxyl groups excluding tert-OH is 1. The number of nitrogens with zero attached hydrogens (tertiary/aromatic N) is 4. The van der Waals surface area contributed by atoms with Crippen LogP contribution in [0.1, 0.15) is 24.0 Å². The lowest BCUT2D eigenvalue weighted by Crippen LogP contribution is -2.16. The standard InChI is InChI=1S/C25H25FN6O2/c1-13-3-4-28-10-18(13)17-7-15-8-20(29-11-19(15)24(27)23(17)26)31-25(34)22-14(2)21(22)16-9-30-32(12-16)5-6-33/h3-4,7-12,14,21-22,33H,5-6,27H2,1-2H3,(H,29,31,34)/t14-,21?,22-/m0/s1. The molecule has 1 saturated carbocycles. The summed E-state index contributed by atoms with van der Waals surface area (Å²) in [4.78, 5) is 21.4. The summed E-state index contributed by atoms with van der Waals surface area (Å²) in [5, 5.41) is 17.4. The fourth-order valence-electron chi connectivity index (χ4n) is 4.67. The SMILES string of the molecule is Cc1ccncc1-c1cc2cc(NC(=O)[C@@H]3C(c4cnn(CCO)c4)[C@@H]3C)ncc2c(N)c1F. The first kappa shape index (κ1) is 22.0. The number of hydrogen-bond acceptors (Lipinski definition) is 6. The molecule has 174 valence electrons. The Morgan fingerprint density at radius 1 is 1.26 bits per heavy atom. The molecule has 0 aliphatic heterocycles. The van der Waals surface area contributed by atoms with E-state index in [1.165, 1.54) is 6.20 Å². The highest BCUT2D eigenvalue weighted by Crippen LogP contribution is 2.54. The van der Waals surface area contributed by atoms with E-state index in [0.29, 0.717) is 34.3 Å². The molecule has 4 N–H and O–H groups in total. The molecule has 3 atom stereocenters. The number of aromatic nitrogens is 4. The number of carbonyl (C=O) groups excluding carboxylic acids is 1. The van der Waals surface area contributed by atoms with Crippen molar-refractivity contribution in [2.75, 3.05) is 17.7 Å². The van der Waals surface area contributed by atoms with E-state index in [2.05, 4.69) is 20.4 Å². The zero-order valence-electron chi connectivity index (χ0n) is 18.9. The average molecular weight is 461 g/mol. The van der Waals surface area contributed by atoms with E-state index in [0.717, 1.165) is 11.1 Å². The van der Waals surface area contributed by atoms with Gasteiger partial charge in [-0.2, -0.15) is 5.10 Å². The van der Waals surface area contributed by atoms with Crippen molar-refractivity contribution in [3.8, 4) is 11.1 Å². The maximum Gasteiger partial charge on any atom is 0.229 e. The van der Waals surface area contributed by atoms with Gasteiger partial charge in [-0.25, -0.2) is 9.37 Å². The van der Waals surface area contributed by atoms with Crippen molar-refractivity contribution in [3.05, 3.63) is 66.1 Å². The number of pyridine rings is 2. The van der Waals surface area contributed by atoms with Gasteiger partial charge in [-0.1, -0.05) is 6.92 Å². The number of fused-ring (bicyclic) bond motifs is 1. The molecular weight excluding hydrogens is 435 g/mol. The minimum atomic E-state index is -0.515. The van der Waals surface area contributed by atoms with E-state index < -0.39 is 5.82 Å². The molecule has 1 unspecified atom stereocenters. The molecule has 0 saturated heterocycles. The highest BCUT2D eigenvalue weighted by Gasteiger charge is 2.53. The van der Waals surface area contributed by atoms with Gasteiger partial charge in [0.05, 0.1) is 25.0 Å². The molecule has 1 amide bonds. The zero-order chi connectivity index (χ0) is 24.0. The van der Waals surface area contributed by atoms with Crippen LogP contribution in [0.25, 0.3) is 21.9 Å². The fourth-order valence-corrected chi connectivity index (χ4v) is 4.67. The predicted octanol–water partition coefficient (Wildman–Crippen LogP) is 3.50. The molecule has 1 aromatic carbocycles. The summed E-state index contributed by atoms with van der Waals surface area (Å²) in [6, 6.07) is 5.23. The van der Waals surface area contributed by atoms with Gasteiger partial charge < -0.3 is 16.2 Å². The Balaban J connectivity index is 1.40. The normalized spacial score (nSPS) is 19.4. The number of aryl methyl sites for hydroxylation is 1. The lowest BCUT2D eigenvalue weighted by atomic mass is 9.98. The Kier molecular flexibility index (Phi) is 5.49. The molecular formula is C25H25FN6O2. The number of nitrogens with two attached hydrogens (primary N) is 1. The second-order valence-electron chi connectivity index (χ2n) is 8.79. The Bertz CT molecular complexity index is 1400. The zero-order valence-corrected chi connectivity index (χ0v) is 18.9. The van der Waals surface area contributed by atoms with Crippen molar-refractivity contribution in [2.24, 2.45) is 11.8 Å². The summed E-state index contributed by atoms with van der Waals surface area (Å²) < 4.78 is 16.7. The number of benzene rings is 1. The number of carbonyl (C=O) groups is 1. The molecule has 4 aromatic rings. The molecule has 0 spiro atoms. The molecule has 9 heteroatoms. The van der Waals surface area contributed by atoms with Crippen molar-refractivity contribution in [1.29, 1.82) is 0 Å². The predicted molar refractivity (Wildman–Crippen MR) is 127 cm³/mol. The van der Waals surface area contributed by atoms with Crippen LogP contribution in [0.5, 0.6) is 0 Å². The maximum atomic E-state index is 15.0. The van der Waals surface area contributed by atoms with Gasteiger partial charge in [0.25, 0.3) is 0 Å². The molecule has 3 heterocycles. The largest absolute Gasteiger partial charge is 0.396 e. The molecule has 0 radical (unpaired) electrons. The first-order valence-corrected chi connectivity index (χ1v) is 11.1. The van der Waals surface area contributed by atoms with Gasteiger partial charge >= 0.3 is 0 Å². The van der Waals surface area contributed by atoms with Gasteiger partial charge in [-0.05, 0) is 47.6 Å². The monoisotopic (exact) mass is 460 g/mol. The number of nitrogens with one attached hydrogen (secondary N) is 1. The molecule has 0 bridgehead atoms. The summed E-state index contributed by atoms with van der Waals surface area (Å²) in [6.07, 6.45) is 8.37. The van der Waals surface area contributed by atoms with Crippen LogP contribution in [0.4, 0.5) is 15.9 Å². The highest BCUT2D eigenvalue weighted by molar-refractivity contribution is 6.00. The van der Waals surface area contributed by atoms with Gasteiger partial charge in [-0.15, -0.1) is 0 Å². The number of aliphatic hydroxyl groups is 1. The summed E-state index contributed by atoms with van der Waals surface area (Å²) in [7, 11) is 0. The molecule has 3 aromatic heterocycles. The topological polar surface area (TPSA) is 119 Å².